The highest BCUT2D eigenvalue weighted by Gasteiger charge is 2.31. The molecule has 1 saturated heterocycles. The number of aliphatic hydroxyl groups is 1. The van der Waals surface area contributed by atoms with Crippen LogP contribution in [-0.2, 0) is 14.8 Å². The fraction of sp³-hybridized carbons (Fsp3) is 0.583. The molecule has 21 heavy (non-hydrogen) atoms. The zero-order chi connectivity index (χ0) is 15.3. The third-order valence-electron chi connectivity index (χ3n) is 3.37. The van der Waals surface area contributed by atoms with Crippen LogP contribution in [-0.4, -0.2) is 55.2 Å². The van der Waals surface area contributed by atoms with E-state index < -0.39 is 10.0 Å². The fourth-order valence-electron chi connectivity index (χ4n) is 2.30. The minimum atomic E-state index is -3.63. The number of hydrazine groups is 1. The Hall–Kier alpha value is -1.26. The Labute approximate surface area is 123 Å². The lowest BCUT2D eigenvalue weighted by Gasteiger charge is -2.31. The fourth-order valence-corrected chi connectivity index (χ4v) is 3.88. The number of piperidine rings is 1. The van der Waals surface area contributed by atoms with E-state index in [2.05, 4.69) is 10.4 Å². The largest absolute Gasteiger partial charge is 0.394 e. The smallest absolute Gasteiger partial charge is 0.246 e. The third-order valence-corrected chi connectivity index (χ3v) is 5.30. The van der Waals surface area contributed by atoms with Crippen molar-refractivity contribution in [1.29, 1.82) is 0 Å². The Morgan fingerprint density at radius 3 is 2.81 bits per heavy atom. The molecule has 1 aromatic rings. The highest BCUT2D eigenvalue weighted by atomic mass is 32.2. The van der Waals surface area contributed by atoms with Gasteiger partial charge in [-0.25, -0.2) is 19.2 Å². The number of sulfonamides is 1. The van der Waals surface area contributed by atoms with Crippen LogP contribution < -0.4 is 11.3 Å². The van der Waals surface area contributed by atoms with Crippen LogP contribution in [0.3, 0.4) is 0 Å². The third kappa shape index (κ3) is 3.69. The Morgan fingerprint density at radius 2 is 2.19 bits per heavy atom. The molecule has 1 aromatic heterocycles. The van der Waals surface area contributed by atoms with Crippen molar-refractivity contribution in [2.24, 2.45) is 5.84 Å². The highest BCUT2D eigenvalue weighted by Crippen LogP contribution is 2.25. The van der Waals surface area contributed by atoms with Crippen molar-refractivity contribution in [3.63, 3.8) is 0 Å². The van der Waals surface area contributed by atoms with Crippen LogP contribution in [0.1, 0.15) is 12.8 Å². The summed E-state index contributed by atoms with van der Waals surface area (Å²) in [6, 6.07) is 3.04. The summed E-state index contributed by atoms with van der Waals surface area (Å²) in [5.41, 5.74) is 2.31. The Kier molecular flexibility index (Phi) is 5.48. The van der Waals surface area contributed by atoms with E-state index in [1.807, 2.05) is 0 Å². The number of nitrogens with zero attached hydrogens (tertiary/aromatic N) is 2. The van der Waals surface area contributed by atoms with Crippen LogP contribution >= 0.6 is 0 Å². The Balaban J connectivity index is 2.08. The SMILES string of the molecule is NNc1ncccc1S(=O)(=O)N1CCC(OCCO)CC1. The molecule has 0 aliphatic carbocycles. The molecule has 0 atom stereocenters. The predicted molar refractivity (Wildman–Crippen MR) is 76.9 cm³/mol. The molecule has 0 unspecified atom stereocenters. The van der Waals surface area contributed by atoms with Crippen LogP contribution in [0.15, 0.2) is 23.2 Å². The topological polar surface area (TPSA) is 118 Å². The van der Waals surface area contributed by atoms with Gasteiger partial charge in [0.15, 0.2) is 5.82 Å². The minimum Gasteiger partial charge on any atom is -0.394 e. The predicted octanol–water partition coefficient (Wildman–Crippen LogP) is -0.471. The Bertz CT molecular complexity index is 558. The summed E-state index contributed by atoms with van der Waals surface area (Å²) >= 11 is 0. The molecule has 0 bridgehead atoms. The normalized spacial score (nSPS) is 17.8. The van der Waals surface area contributed by atoms with Crippen molar-refractivity contribution in [2.75, 3.05) is 31.7 Å². The van der Waals surface area contributed by atoms with Gasteiger partial charge in [0.2, 0.25) is 10.0 Å². The second-order valence-electron chi connectivity index (χ2n) is 4.69. The van der Waals surface area contributed by atoms with Gasteiger partial charge in [-0.05, 0) is 25.0 Å². The molecule has 9 heteroatoms. The molecule has 0 aromatic carbocycles. The van der Waals surface area contributed by atoms with E-state index in [4.69, 9.17) is 15.7 Å². The summed E-state index contributed by atoms with van der Waals surface area (Å²) in [7, 11) is -3.63. The number of pyridine rings is 1. The maximum absolute atomic E-state index is 12.6. The lowest BCUT2D eigenvalue weighted by atomic mass is 10.1. The molecular formula is C12H20N4O4S. The van der Waals surface area contributed by atoms with Crippen LogP contribution in [0, 0.1) is 0 Å². The van der Waals surface area contributed by atoms with E-state index in [-0.39, 0.29) is 30.0 Å². The number of anilines is 1. The molecule has 1 aliphatic rings. The zero-order valence-corrected chi connectivity index (χ0v) is 12.4. The number of nitrogen functional groups attached to an aromatic ring is 1. The van der Waals surface area contributed by atoms with E-state index >= 15 is 0 Å². The van der Waals surface area contributed by atoms with Crippen LogP contribution in [0.4, 0.5) is 5.82 Å². The summed E-state index contributed by atoms with van der Waals surface area (Å²) in [6.07, 6.45) is 2.67. The molecule has 4 N–H and O–H groups in total. The maximum atomic E-state index is 12.6. The van der Waals surface area contributed by atoms with Gasteiger partial charge in [0, 0.05) is 19.3 Å². The molecule has 0 amide bonds. The van der Waals surface area contributed by atoms with Gasteiger partial charge in [-0.3, -0.25) is 0 Å². The molecule has 1 fully saturated rings. The first-order valence-corrected chi connectivity index (χ1v) is 8.18. The maximum Gasteiger partial charge on any atom is 0.246 e. The molecule has 1 aliphatic heterocycles. The summed E-state index contributed by atoms with van der Waals surface area (Å²) in [5.74, 6) is 5.45. The number of rotatable bonds is 6. The van der Waals surface area contributed by atoms with Crippen LogP contribution in [0.5, 0.6) is 0 Å². The number of aromatic nitrogens is 1. The van der Waals surface area contributed by atoms with Gasteiger partial charge in [-0.15, -0.1) is 0 Å². The molecule has 0 saturated carbocycles. The van der Waals surface area contributed by atoms with Gasteiger partial charge in [-0.2, -0.15) is 4.31 Å². The summed E-state index contributed by atoms with van der Waals surface area (Å²) in [6.45, 7) is 0.996. The van der Waals surface area contributed by atoms with Crippen molar-refractivity contribution >= 4 is 15.8 Å². The molecule has 0 spiro atoms. The number of ether oxygens (including phenoxy) is 1. The first-order valence-electron chi connectivity index (χ1n) is 6.74. The van der Waals surface area contributed by atoms with Gasteiger partial charge in [-0.1, -0.05) is 0 Å². The molecule has 118 valence electrons. The number of hydrogen-bond acceptors (Lipinski definition) is 7. The van der Waals surface area contributed by atoms with Crippen LogP contribution in [0.2, 0.25) is 0 Å². The van der Waals surface area contributed by atoms with Crippen molar-refractivity contribution < 1.29 is 18.3 Å². The van der Waals surface area contributed by atoms with Crippen molar-refractivity contribution in [3.05, 3.63) is 18.3 Å². The van der Waals surface area contributed by atoms with Gasteiger partial charge in [0.25, 0.3) is 0 Å². The van der Waals surface area contributed by atoms with E-state index in [1.54, 1.807) is 6.07 Å². The van der Waals surface area contributed by atoms with Crippen molar-refractivity contribution in [2.45, 2.75) is 23.8 Å². The number of nitrogens with two attached hydrogens (primary N) is 1. The summed E-state index contributed by atoms with van der Waals surface area (Å²) in [4.78, 5) is 3.99. The highest BCUT2D eigenvalue weighted by molar-refractivity contribution is 7.89. The summed E-state index contributed by atoms with van der Waals surface area (Å²) in [5, 5.41) is 8.73. The van der Waals surface area contributed by atoms with E-state index in [0.717, 1.165) is 0 Å². The van der Waals surface area contributed by atoms with Gasteiger partial charge < -0.3 is 15.3 Å². The lowest BCUT2D eigenvalue weighted by Crippen LogP contribution is -2.41. The summed E-state index contributed by atoms with van der Waals surface area (Å²) < 4.78 is 32.0. The standard InChI is InChI=1S/C12H20N4O4S/c13-15-12-11(2-1-5-14-12)21(18,19)16-6-3-10(4-7-16)20-9-8-17/h1-2,5,10,17H,3-4,6-9,13H2,(H,14,15). The monoisotopic (exact) mass is 316 g/mol. The van der Waals surface area contributed by atoms with E-state index in [0.29, 0.717) is 25.9 Å². The van der Waals surface area contributed by atoms with Gasteiger partial charge in [0.1, 0.15) is 4.90 Å². The van der Waals surface area contributed by atoms with Crippen LogP contribution in [0.25, 0.3) is 0 Å². The average molecular weight is 316 g/mol. The minimum absolute atomic E-state index is 0.00963. The Morgan fingerprint density at radius 1 is 1.48 bits per heavy atom. The second kappa shape index (κ2) is 7.14. The zero-order valence-electron chi connectivity index (χ0n) is 11.6. The molecule has 0 radical (unpaired) electrons. The molecule has 8 nitrogen and oxygen atoms in total. The molecular weight excluding hydrogens is 296 g/mol. The number of hydrogen-bond donors (Lipinski definition) is 3. The van der Waals surface area contributed by atoms with Gasteiger partial charge in [0.05, 0.1) is 19.3 Å². The number of nitrogens with one attached hydrogen (secondary N) is 1. The van der Waals surface area contributed by atoms with Gasteiger partial charge >= 0.3 is 0 Å². The quantitative estimate of drug-likeness (QED) is 0.479. The average Bonchev–Trinajstić information content (AvgIpc) is 2.53. The second-order valence-corrected chi connectivity index (χ2v) is 6.60. The molecule has 2 heterocycles. The number of aliphatic hydroxyl groups excluding tert-OH is 1. The van der Waals surface area contributed by atoms with E-state index in [1.165, 1.54) is 16.6 Å². The first-order chi connectivity index (χ1) is 10.1. The molecule has 2 rings (SSSR count). The first kappa shape index (κ1) is 16.1. The van der Waals surface area contributed by atoms with E-state index in [9.17, 15) is 8.42 Å². The van der Waals surface area contributed by atoms with Crippen molar-refractivity contribution in [1.82, 2.24) is 9.29 Å². The van der Waals surface area contributed by atoms with Crippen molar-refractivity contribution in [3.8, 4) is 0 Å². The lowest BCUT2D eigenvalue weighted by molar-refractivity contribution is 0.00319.